The van der Waals surface area contributed by atoms with E-state index in [1.807, 2.05) is 0 Å². The van der Waals surface area contributed by atoms with Crippen LogP contribution >= 0.6 is 23.2 Å². The molecule has 24 heavy (non-hydrogen) atoms. The highest BCUT2D eigenvalue weighted by atomic mass is 35.5. The van der Waals surface area contributed by atoms with Gasteiger partial charge >= 0.3 is 6.18 Å². The minimum atomic E-state index is -5.08. The zero-order valence-electron chi connectivity index (χ0n) is 12.5. The van der Waals surface area contributed by atoms with E-state index >= 15 is 0 Å². The normalized spacial score (nSPS) is 14.3. The summed E-state index contributed by atoms with van der Waals surface area (Å²) in [5, 5.41) is 10.2. The lowest BCUT2D eigenvalue weighted by Gasteiger charge is -2.30. The van der Waals surface area contributed by atoms with Crippen molar-refractivity contribution in [1.29, 1.82) is 0 Å². The predicted octanol–water partition coefficient (Wildman–Crippen LogP) is 5.32. The number of ketones is 1. The van der Waals surface area contributed by atoms with Crippen LogP contribution in [0.1, 0.15) is 27.9 Å². The van der Waals surface area contributed by atoms with Gasteiger partial charge in [0.05, 0.1) is 6.42 Å². The van der Waals surface area contributed by atoms with Gasteiger partial charge < -0.3 is 5.11 Å². The lowest BCUT2D eigenvalue weighted by Crippen LogP contribution is -2.44. The van der Waals surface area contributed by atoms with E-state index in [9.17, 15) is 23.1 Å². The fraction of sp³-hybridized carbons (Fsp3) is 0.235. The molecule has 1 unspecified atom stereocenters. The van der Waals surface area contributed by atoms with Crippen molar-refractivity contribution in [3.8, 4) is 0 Å². The first-order chi connectivity index (χ1) is 11.0. The molecule has 2 nitrogen and oxygen atoms in total. The monoisotopic (exact) mass is 376 g/mol. The Morgan fingerprint density at radius 1 is 1.04 bits per heavy atom. The van der Waals surface area contributed by atoms with Crippen LogP contribution in [0.15, 0.2) is 42.5 Å². The summed E-state index contributed by atoms with van der Waals surface area (Å²) in [7, 11) is 0. The van der Waals surface area contributed by atoms with E-state index in [0.717, 1.165) is 17.7 Å². The Balaban J connectivity index is 2.45. The van der Waals surface area contributed by atoms with Crippen LogP contribution in [0.5, 0.6) is 0 Å². The van der Waals surface area contributed by atoms with Crippen LogP contribution in [0.3, 0.4) is 0 Å². The number of aliphatic hydroxyl groups is 1. The Bertz CT molecular complexity index is 737. The van der Waals surface area contributed by atoms with Crippen LogP contribution in [-0.2, 0) is 5.60 Å². The number of carbonyl (C=O) groups is 1. The lowest BCUT2D eigenvalue weighted by molar-refractivity contribution is -0.264. The SMILES string of the molecule is Cc1ccc(C(=O)CC(O)(c2cc(Cl)cc(Cl)c2)C(F)(F)F)cc1. The van der Waals surface area contributed by atoms with Crippen LogP contribution in [-0.4, -0.2) is 17.1 Å². The van der Waals surface area contributed by atoms with E-state index in [4.69, 9.17) is 23.2 Å². The van der Waals surface area contributed by atoms with Crippen molar-refractivity contribution in [2.24, 2.45) is 0 Å². The van der Waals surface area contributed by atoms with Gasteiger partial charge in [-0.2, -0.15) is 13.2 Å². The van der Waals surface area contributed by atoms with Gasteiger partial charge in [-0.1, -0.05) is 53.0 Å². The summed E-state index contributed by atoms with van der Waals surface area (Å²) >= 11 is 11.5. The van der Waals surface area contributed by atoms with Crippen molar-refractivity contribution in [3.05, 3.63) is 69.2 Å². The third kappa shape index (κ3) is 3.91. The number of hydrogen-bond acceptors (Lipinski definition) is 2. The van der Waals surface area contributed by atoms with Gasteiger partial charge in [0, 0.05) is 15.6 Å². The number of aryl methyl sites for hydroxylation is 1. The zero-order chi connectivity index (χ0) is 18.1. The minimum absolute atomic E-state index is 0.0667. The molecule has 1 atom stereocenters. The first kappa shape index (κ1) is 18.8. The van der Waals surface area contributed by atoms with E-state index in [1.54, 1.807) is 19.1 Å². The molecule has 0 bridgehead atoms. The lowest BCUT2D eigenvalue weighted by atomic mass is 9.86. The molecule has 1 N–H and O–H groups in total. The smallest absolute Gasteiger partial charge is 0.376 e. The molecule has 0 saturated heterocycles. The van der Waals surface area contributed by atoms with E-state index in [-0.39, 0.29) is 15.6 Å². The highest BCUT2D eigenvalue weighted by molar-refractivity contribution is 6.34. The summed E-state index contributed by atoms with van der Waals surface area (Å²) in [6.45, 7) is 1.79. The van der Waals surface area contributed by atoms with Crippen molar-refractivity contribution >= 4 is 29.0 Å². The highest BCUT2D eigenvalue weighted by Gasteiger charge is 2.56. The van der Waals surface area contributed by atoms with Crippen molar-refractivity contribution in [2.45, 2.75) is 25.1 Å². The molecule has 0 aromatic heterocycles. The molecule has 0 radical (unpaired) electrons. The summed E-state index contributed by atoms with van der Waals surface area (Å²) < 4.78 is 40.5. The summed E-state index contributed by atoms with van der Waals surface area (Å²) in [5.74, 6) is -0.842. The second-order valence-electron chi connectivity index (χ2n) is 5.48. The van der Waals surface area contributed by atoms with E-state index in [0.29, 0.717) is 0 Å². The Morgan fingerprint density at radius 3 is 2.00 bits per heavy atom. The summed E-state index contributed by atoms with van der Waals surface area (Å²) in [5.41, 5.74) is -3.02. The van der Waals surface area contributed by atoms with Crippen LogP contribution < -0.4 is 0 Å². The number of carbonyl (C=O) groups excluding carboxylic acids is 1. The molecule has 2 rings (SSSR count). The zero-order valence-corrected chi connectivity index (χ0v) is 14.0. The molecule has 0 aliphatic rings. The summed E-state index contributed by atoms with van der Waals surface area (Å²) in [4.78, 5) is 12.2. The summed E-state index contributed by atoms with van der Waals surface area (Å²) in [6.07, 6.45) is -6.25. The molecule has 0 saturated carbocycles. The average molecular weight is 377 g/mol. The van der Waals surface area contributed by atoms with Crippen molar-refractivity contribution in [2.75, 3.05) is 0 Å². The molecule has 2 aromatic rings. The Hall–Kier alpha value is -1.56. The minimum Gasteiger partial charge on any atom is -0.376 e. The molecule has 0 aliphatic heterocycles. The standard InChI is InChI=1S/C17H13Cl2F3O2/c1-10-2-4-11(5-3-10)15(23)9-16(24,17(20,21)22)12-6-13(18)8-14(19)7-12/h2-8,24H,9H2,1H3. The maximum absolute atomic E-state index is 13.5. The molecule has 2 aromatic carbocycles. The van der Waals surface area contributed by atoms with Crippen LogP contribution in [0.4, 0.5) is 13.2 Å². The third-order valence-corrected chi connectivity index (χ3v) is 4.04. The van der Waals surface area contributed by atoms with E-state index in [2.05, 4.69) is 0 Å². The molecule has 7 heteroatoms. The van der Waals surface area contributed by atoms with Gasteiger partial charge in [0.15, 0.2) is 11.4 Å². The number of alkyl halides is 3. The Labute approximate surface area is 146 Å². The first-order valence-corrected chi connectivity index (χ1v) is 7.64. The fourth-order valence-electron chi connectivity index (χ4n) is 2.23. The molecular formula is C17H13Cl2F3O2. The van der Waals surface area contributed by atoms with Gasteiger partial charge in [-0.25, -0.2) is 0 Å². The topological polar surface area (TPSA) is 37.3 Å². The number of halogens is 5. The largest absolute Gasteiger partial charge is 0.421 e. The van der Waals surface area contributed by atoms with Crippen molar-refractivity contribution in [3.63, 3.8) is 0 Å². The van der Waals surface area contributed by atoms with Crippen LogP contribution in [0.25, 0.3) is 0 Å². The van der Waals surface area contributed by atoms with Gasteiger partial charge in [0.25, 0.3) is 0 Å². The molecule has 0 amide bonds. The summed E-state index contributed by atoms with van der Waals surface area (Å²) in [6, 6.07) is 9.18. The second-order valence-corrected chi connectivity index (χ2v) is 6.36. The number of benzene rings is 2. The second kappa shape index (κ2) is 6.75. The molecule has 128 valence electrons. The van der Waals surface area contributed by atoms with Gasteiger partial charge in [0.2, 0.25) is 0 Å². The maximum Gasteiger partial charge on any atom is 0.421 e. The van der Waals surface area contributed by atoms with Crippen molar-refractivity contribution < 1.29 is 23.1 Å². The predicted molar refractivity (Wildman–Crippen MR) is 86.5 cm³/mol. The van der Waals surface area contributed by atoms with E-state index in [1.165, 1.54) is 18.2 Å². The van der Waals surface area contributed by atoms with Crippen molar-refractivity contribution in [1.82, 2.24) is 0 Å². The number of hydrogen-bond donors (Lipinski definition) is 1. The van der Waals surface area contributed by atoms with Gasteiger partial charge in [-0.05, 0) is 30.7 Å². The van der Waals surface area contributed by atoms with Crippen LogP contribution in [0.2, 0.25) is 10.0 Å². The highest BCUT2D eigenvalue weighted by Crippen LogP contribution is 2.43. The van der Waals surface area contributed by atoms with Gasteiger partial charge in [0.1, 0.15) is 0 Å². The number of Topliss-reactive ketones (excluding diaryl/α,β-unsaturated/α-hetero) is 1. The fourth-order valence-corrected chi connectivity index (χ4v) is 2.76. The van der Waals surface area contributed by atoms with Gasteiger partial charge in [-0.3, -0.25) is 4.79 Å². The van der Waals surface area contributed by atoms with Gasteiger partial charge in [-0.15, -0.1) is 0 Å². The molecule has 0 heterocycles. The maximum atomic E-state index is 13.5. The van der Waals surface area contributed by atoms with E-state index < -0.39 is 29.5 Å². The molecule has 0 aliphatic carbocycles. The molecule has 0 spiro atoms. The average Bonchev–Trinajstić information content (AvgIpc) is 2.45. The Kier molecular flexibility index (Phi) is 5.28. The quantitative estimate of drug-likeness (QED) is 0.732. The van der Waals surface area contributed by atoms with Crippen LogP contribution in [0, 0.1) is 6.92 Å². The third-order valence-electron chi connectivity index (χ3n) is 3.60. The molecule has 0 fully saturated rings. The molecular weight excluding hydrogens is 364 g/mol. The Morgan fingerprint density at radius 2 is 1.54 bits per heavy atom. The first-order valence-electron chi connectivity index (χ1n) is 6.88. The number of rotatable bonds is 4.